The third-order valence-corrected chi connectivity index (χ3v) is 11.2. The molecule has 35 heavy (non-hydrogen) atoms. The fraction of sp³-hybridized carbons (Fsp3) is 0.633. The predicted octanol–water partition coefficient (Wildman–Crippen LogP) is 5.70. The Morgan fingerprint density at radius 3 is 2.40 bits per heavy atom. The van der Waals surface area contributed by atoms with Gasteiger partial charge in [-0.05, 0) is 80.2 Å². The number of amides is 2. The molecule has 4 fully saturated rings. The number of carbonyl (C=O) groups is 3. The second-order valence-electron chi connectivity index (χ2n) is 12.8. The van der Waals surface area contributed by atoms with Gasteiger partial charge in [-0.3, -0.25) is 19.3 Å². The molecule has 3 saturated carbocycles. The summed E-state index contributed by atoms with van der Waals surface area (Å²) in [6.45, 7) is 8.69. The molecule has 1 heterocycles. The van der Waals surface area contributed by atoms with E-state index in [9.17, 15) is 19.5 Å². The van der Waals surface area contributed by atoms with Gasteiger partial charge in [0.2, 0.25) is 11.8 Å². The summed E-state index contributed by atoms with van der Waals surface area (Å²) < 4.78 is 0. The van der Waals surface area contributed by atoms with Crippen LogP contribution in [0.15, 0.2) is 42.0 Å². The summed E-state index contributed by atoms with van der Waals surface area (Å²) in [5.41, 5.74) is 0.789. The number of aliphatic carboxylic acids is 1. The van der Waals surface area contributed by atoms with Gasteiger partial charge in [0.05, 0.1) is 22.9 Å². The Bertz CT molecular complexity index is 1140. The average molecular weight is 476 g/mol. The number of hydrogen-bond donors (Lipinski definition) is 1. The normalized spacial score (nSPS) is 44.1. The van der Waals surface area contributed by atoms with Crippen molar-refractivity contribution in [3.05, 3.63) is 42.0 Å². The molecule has 2 bridgehead atoms. The quantitative estimate of drug-likeness (QED) is 0.449. The molecule has 7 rings (SSSR count). The smallest absolute Gasteiger partial charge is 0.309 e. The van der Waals surface area contributed by atoms with E-state index in [1.165, 1.54) is 10.5 Å². The minimum absolute atomic E-state index is 0.0356. The first-order valence-electron chi connectivity index (χ1n) is 13.4. The van der Waals surface area contributed by atoms with Crippen LogP contribution in [0.1, 0.15) is 66.2 Å². The Balaban J connectivity index is 1.50. The molecule has 1 aromatic rings. The van der Waals surface area contributed by atoms with Crippen LogP contribution in [-0.2, 0) is 14.4 Å². The molecule has 0 aromatic heterocycles. The summed E-state index contributed by atoms with van der Waals surface area (Å²) in [6, 6.07) is 9.39. The third kappa shape index (κ3) is 2.73. The molecule has 0 unspecified atom stereocenters. The second-order valence-corrected chi connectivity index (χ2v) is 12.8. The Labute approximate surface area is 208 Å². The molecule has 1 saturated heterocycles. The standard InChI is InChI=1S/C30H37NO4/c1-17(2)20-16-30-14-11-21-28(3,12-8-13-29(21,4)27(34)35)22(30)15-19(20)23-24(30)26(33)31(25(23)32)18-9-6-5-7-10-18/h5-7,9-10,16-17,19,21-24H,8,11-15H2,1-4H3,(H,34,35)/t19-,21-,22-,23+,24-,28-,29+,30-/m0/s1. The Kier molecular flexibility index (Phi) is 4.80. The van der Waals surface area contributed by atoms with E-state index in [0.717, 1.165) is 38.5 Å². The predicted molar refractivity (Wildman–Crippen MR) is 133 cm³/mol. The summed E-state index contributed by atoms with van der Waals surface area (Å²) in [6.07, 6.45) is 7.58. The molecule has 1 aliphatic heterocycles. The number of carbonyl (C=O) groups excluding carboxylic acids is 2. The van der Waals surface area contributed by atoms with Crippen molar-refractivity contribution in [3.63, 3.8) is 0 Å². The molecule has 1 N–H and O–H groups in total. The maximum absolute atomic E-state index is 14.1. The van der Waals surface area contributed by atoms with Gasteiger partial charge in [-0.1, -0.05) is 57.0 Å². The number of para-hydroxylation sites is 1. The van der Waals surface area contributed by atoms with Crippen LogP contribution in [0.25, 0.3) is 0 Å². The van der Waals surface area contributed by atoms with Crippen molar-refractivity contribution in [1.29, 1.82) is 0 Å². The number of imide groups is 1. The first kappa shape index (κ1) is 23.0. The highest BCUT2D eigenvalue weighted by molar-refractivity contribution is 6.22. The van der Waals surface area contributed by atoms with Crippen molar-refractivity contribution in [3.8, 4) is 0 Å². The van der Waals surface area contributed by atoms with Gasteiger partial charge in [-0.25, -0.2) is 0 Å². The van der Waals surface area contributed by atoms with Crippen LogP contribution >= 0.6 is 0 Å². The van der Waals surface area contributed by atoms with E-state index in [4.69, 9.17) is 0 Å². The average Bonchev–Trinajstić information content (AvgIpc) is 3.11. The lowest BCUT2D eigenvalue weighted by Gasteiger charge is -2.68. The zero-order valence-electron chi connectivity index (χ0n) is 21.3. The number of fused-ring (bicyclic) bond motifs is 1. The molecule has 186 valence electrons. The summed E-state index contributed by atoms with van der Waals surface area (Å²) in [5.74, 6) is -0.668. The van der Waals surface area contributed by atoms with Gasteiger partial charge >= 0.3 is 5.97 Å². The molecule has 5 heteroatoms. The highest BCUT2D eigenvalue weighted by Crippen LogP contribution is 2.74. The number of anilines is 1. The van der Waals surface area contributed by atoms with Crippen LogP contribution in [0.4, 0.5) is 5.69 Å². The van der Waals surface area contributed by atoms with Gasteiger partial charge in [0.1, 0.15) is 0 Å². The zero-order chi connectivity index (χ0) is 24.9. The SMILES string of the molecule is CC(C)C1=C[C@@]23CC[C@H]4[C@](C)(CCC[C@@]4(C)C(=O)O)[C@@H]2C[C@@H]1[C@H]1C(=O)N(c2ccccc2)C(=O)[C@H]13. The minimum atomic E-state index is -0.721. The largest absolute Gasteiger partial charge is 0.481 e. The van der Waals surface area contributed by atoms with E-state index < -0.39 is 11.4 Å². The van der Waals surface area contributed by atoms with E-state index in [0.29, 0.717) is 11.6 Å². The summed E-state index contributed by atoms with van der Waals surface area (Å²) in [7, 11) is 0. The molecular formula is C30H37NO4. The Morgan fingerprint density at radius 2 is 1.74 bits per heavy atom. The molecule has 5 nitrogen and oxygen atoms in total. The molecule has 8 atom stereocenters. The molecular weight excluding hydrogens is 438 g/mol. The summed E-state index contributed by atoms with van der Waals surface area (Å²) in [4.78, 5) is 42.0. The van der Waals surface area contributed by atoms with E-state index in [1.54, 1.807) is 0 Å². The number of benzene rings is 1. The van der Waals surface area contributed by atoms with Crippen molar-refractivity contribution >= 4 is 23.5 Å². The van der Waals surface area contributed by atoms with Crippen LogP contribution in [0.2, 0.25) is 0 Å². The van der Waals surface area contributed by atoms with Crippen molar-refractivity contribution in [2.24, 2.45) is 51.8 Å². The van der Waals surface area contributed by atoms with Gasteiger partial charge in [0.25, 0.3) is 0 Å². The van der Waals surface area contributed by atoms with Crippen molar-refractivity contribution < 1.29 is 19.5 Å². The van der Waals surface area contributed by atoms with Gasteiger partial charge in [-0.2, -0.15) is 0 Å². The maximum atomic E-state index is 14.1. The fourth-order valence-corrected chi connectivity index (χ4v) is 9.79. The Morgan fingerprint density at radius 1 is 1.03 bits per heavy atom. The van der Waals surface area contributed by atoms with Crippen LogP contribution in [0, 0.1) is 51.8 Å². The second kappa shape index (κ2) is 7.30. The van der Waals surface area contributed by atoms with E-state index in [2.05, 4.69) is 26.8 Å². The molecule has 5 aliphatic carbocycles. The monoisotopic (exact) mass is 475 g/mol. The van der Waals surface area contributed by atoms with E-state index in [-0.39, 0.29) is 52.2 Å². The Hall–Kier alpha value is -2.43. The molecule has 1 spiro atoms. The van der Waals surface area contributed by atoms with Gasteiger partial charge in [0.15, 0.2) is 0 Å². The van der Waals surface area contributed by atoms with Crippen LogP contribution in [0.5, 0.6) is 0 Å². The first-order valence-corrected chi connectivity index (χ1v) is 13.4. The molecule has 2 amide bonds. The molecule has 1 aromatic carbocycles. The van der Waals surface area contributed by atoms with Crippen molar-refractivity contribution in [1.82, 2.24) is 0 Å². The van der Waals surface area contributed by atoms with Gasteiger partial charge < -0.3 is 5.11 Å². The maximum Gasteiger partial charge on any atom is 0.309 e. The topological polar surface area (TPSA) is 74.7 Å². The van der Waals surface area contributed by atoms with E-state index in [1.807, 2.05) is 37.3 Å². The lowest BCUT2D eigenvalue weighted by atomic mass is 9.34. The minimum Gasteiger partial charge on any atom is -0.481 e. The highest BCUT2D eigenvalue weighted by atomic mass is 16.4. The van der Waals surface area contributed by atoms with Crippen LogP contribution < -0.4 is 4.90 Å². The number of carboxylic acids is 1. The number of allylic oxidation sites excluding steroid dienone is 2. The van der Waals surface area contributed by atoms with Crippen LogP contribution in [-0.4, -0.2) is 22.9 Å². The molecule has 0 radical (unpaired) electrons. The lowest BCUT2D eigenvalue weighted by molar-refractivity contribution is -0.194. The lowest BCUT2D eigenvalue weighted by Crippen LogP contribution is -2.65. The fourth-order valence-electron chi connectivity index (χ4n) is 9.79. The van der Waals surface area contributed by atoms with Crippen LogP contribution in [0.3, 0.4) is 0 Å². The van der Waals surface area contributed by atoms with Gasteiger partial charge in [-0.15, -0.1) is 0 Å². The molecule has 6 aliphatic rings. The number of nitrogens with zero attached hydrogens (tertiary/aromatic N) is 1. The summed E-state index contributed by atoms with van der Waals surface area (Å²) in [5, 5.41) is 10.3. The van der Waals surface area contributed by atoms with Gasteiger partial charge in [0, 0.05) is 5.41 Å². The third-order valence-electron chi connectivity index (χ3n) is 11.2. The van der Waals surface area contributed by atoms with E-state index >= 15 is 0 Å². The first-order chi connectivity index (χ1) is 16.6. The summed E-state index contributed by atoms with van der Waals surface area (Å²) >= 11 is 0. The zero-order valence-corrected chi connectivity index (χ0v) is 21.3. The number of hydrogen-bond acceptors (Lipinski definition) is 3. The highest BCUT2D eigenvalue weighted by Gasteiger charge is 2.73. The van der Waals surface area contributed by atoms with Crippen molar-refractivity contribution in [2.75, 3.05) is 4.90 Å². The van der Waals surface area contributed by atoms with Crippen molar-refractivity contribution in [2.45, 2.75) is 66.2 Å². The number of rotatable bonds is 3. The number of carboxylic acid groups (broad SMARTS) is 1.